The second-order valence-corrected chi connectivity index (χ2v) is 7.75. The van der Waals surface area contributed by atoms with E-state index in [-0.39, 0.29) is 35.9 Å². The molecule has 1 atom stereocenters. The van der Waals surface area contributed by atoms with Gasteiger partial charge in [-0.05, 0) is 36.6 Å². The molecule has 0 aromatic heterocycles. The number of nitrogens with one attached hydrogen (secondary N) is 3. The van der Waals surface area contributed by atoms with E-state index in [1.165, 1.54) is 5.56 Å². The number of benzene rings is 2. The molecule has 1 aliphatic rings. The fourth-order valence-electron chi connectivity index (χ4n) is 3.85. The largest absolute Gasteiger partial charge is 0.379 e. The number of aliphatic imine (C=N–C) groups is 1. The van der Waals surface area contributed by atoms with Crippen molar-refractivity contribution in [1.82, 2.24) is 20.9 Å². The summed E-state index contributed by atoms with van der Waals surface area (Å²) in [4.78, 5) is 19.2. The van der Waals surface area contributed by atoms with E-state index in [4.69, 9.17) is 9.73 Å². The zero-order valence-electron chi connectivity index (χ0n) is 19.5. The molecule has 33 heavy (non-hydrogen) atoms. The van der Waals surface area contributed by atoms with E-state index in [9.17, 15) is 4.79 Å². The highest BCUT2D eigenvalue weighted by atomic mass is 127. The minimum absolute atomic E-state index is 0. The molecule has 3 rings (SSSR count). The molecule has 1 amide bonds. The molecule has 0 aliphatic carbocycles. The molecule has 1 fully saturated rings. The standard InChI is InChI=1S/C25H35N5O2.HI/c1-3-27-25(28-13-12-20-8-7-11-22(18-20)24(31)26-2)29-19-23(21-9-5-4-6-10-21)30-14-16-32-17-15-30;/h4-11,18,23H,3,12-17,19H2,1-2H3,(H,26,31)(H2,27,28,29);1H. The van der Waals surface area contributed by atoms with Crippen molar-refractivity contribution in [2.24, 2.45) is 4.99 Å². The molecule has 2 aromatic rings. The lowest BCUT2D eigenvalue weighted by Gasteiger charge is -2.34. The molecule has 7 nitrogen and oxygen atoms in total. The summed E-state index contributed by atoms with van der Waals surface area (Å²) in [6.45, 7) is 7.64. The van der Waals surface area contributed by atoms with Gasteiger partial charge in [-0.25, -0.2) is 0 Å². The normalized spacial score (nSPS) is 15.3. The molecule has 2 aromatic carbocycles. The Balaban J connectivity index is 0.00000385. The van der Waals surface area contributed by atoms with Crippen molar-refractivity contribution < 1.29 is 9.53 Å². The fraction of sp³-hybridized carbons (Fsp3) is 0.440. The van der Waals surface area contributed by atoms with Crippen LogP contribution in [0.25, 0.3) is 0 Å². The quantitative estimate of drug-likeness (QED) is 0.248. The number of ether oxygens (including phenoxy) is 1. The number of hydrogen-bond donors (Lipinski definition) is 3. The minimum atomic E-state index is -0.0650. The number of guanidine groups is 1. The fourth-order valence-corrected chi connectivity index (χ4v) is 3.85. The Hall–Kier alpha value is -2.17. The lowest BCUT2D eigenvalue weighted by atomic mass is 10.0. The van der Waals surface area contributed by atoms with Gasteiger partial charge in [-0.3, -0.25) is 14.7 Å². The van der Waals surface area contributed by atoms with Gasteiger partial charge in [0.15, 0.2) is 5.96 Å². The molecule has 0 radical (unpaired) electrons. The molecular weight excluding hydrogens is 529 g/mol. The number of rotatable bonds is 9. The number of nitrogens with zero attached hydrogens (tertiary/aromatic N) is 2. The minimum Gasteiger partial charge on any atom is -0.379 e. The smallest absolute Gasteiger partial charge is 0.251 e. The molecule has 180 valence electrons. The summed E-state index contributed by atoms with van der Waals surface area (Å²) in [5.74, 6) is 0.744. The SMILES string of the molecule is CCNC(=NCC(c1ccccc1)N1CCOCC1)NCCc1cccc(C(=O)NC)c1.I. The topological polar surface area (TPSA) is 78.0 Å². The number of halogens is 1. The zero-order valence-corrected chi connectivity index (χ0v) is 21.9. The lowest BCUT2D eigenvalue weighted by Crippen LogP contribution is -2.42. The van der Waals surface area contributed by atoms with Crippen LogP contribution in [-0.4, -0.2) is 69.8 Å². The molecule has 1 aliphatic heterocycles. The van der Waals surface area contributed by atoms with Gasteiger partial charge in [-0.15, -0.1) is 24.0 Å². The summed E-state index contributed by atoms with van der Waals surface area (Å²) in [6.07, 6.45) is 0.806. The van der Waals surface area contributed by atoms with Crippen molar-refractivity contribution in [3.05, 3.63) is 71.3 Å². The number of amides is 1. The van der Waals surface area contributed by atoms with E-state index in [1.807, 2.05) is 30.3 Å². The summed E-state index contributed by atoms with van der Waals surface area (Å²) in [5, 5.41) is 9.46. The van der Waals surface area contributed by atoms with E-state index >= 15 is 0 Å². The Morgan fingerprint density at radius 1 is 1.09 bits per heavy atom. The Kier molecular flexibility index (Phi) is 12.2. The van der Waals surface area contributed by atoms with Crippen molar-refractivity contribution in [2.75, 3.05) is 53.0 Å². The second-order valence-electron chi connectivity index (χ2n) is 7.75. The van der Waals surface area contributed by atoms with Gasteiger partial charge in [-0.2, -0.15) is 0 Å². The van der Waals surface area contributed by atoms with E-state index in [2.05, 4.69) is 52.0 Å². The summed E-state index contributed by atoms with van der Waals surface area (Å²) in [7, 11) is 1.65. The Bertz CT molecular complexity index is 872. The van der Waals surface area contributed by atoms with Crippen molar-refractivity contribution in [3.8, 4) is 0 Å². The molecule has 0 saturated carbocycles. The maximum atomic E-state index is 11.9. The third kappa shape index (κ3) is 8.60. The number of carbonyl (C=O) groups excluding carboxylic acids is 1. The van der Waals surface area contributed by atoms with Crippen LogP contribution in [0.1, 0.15) is 34.5 Å². The summed E-state index contributed by atoms with van der Waals surface area (Å²) in [5.41, 5.74) is 3.08. The van der Waals surface area contributed by atoms with Crippen molar-refractivity contribution in [2.45, 2.75) is 19.4 Å². The number of hydrogen-bond acceptors (Lipinski definition) is 4. The molecule has 1 saturated heterocycles. The van der Waals surface area contributed by atoms with Gasteiger partial charge in [0.05, 0.1) is 25.8 Å². The highest BCUT2D eigenvalue weighted by Gasteiger charge is 2.22. The van der Waals surface area contributed by atoms with E-state index in [0.29, 0.717) is 12.1 Å². The van der Waals surface area contributed by atoms with Crippen LogP contribution in [0.2, 0.25) is 0 Å². The van der Waals surface area contributed by atoms with Gasteiger partial charge in [0.1, 0.15) is 0 Å². The van der Waals surface area contributed by atoms with Crippen LogP contribution in [0.15, 0.2) is 59.6 Å². The lowest BCUT2D eigenvalue weighted by molar-refractivity contribution is 0.0179. The monoisotopic (exact) mass is 565 g/mol. The molecule has 0 spiro atoms. The maximum absolute atomic E-state index is 11.9. The van der Waals surface area contributed by atoms with Crippen molar-refractivity contribution in [1.29, 1.82) is 0 Å². The predicted octanol–water partition coefficient (Wildman–Crippen LogP) is 2.84. The average Bonchev–Trinajstić information content (AvgIpc) is 2.85. The van der Waals surface area contributed by atoms with E-state index in [1.54, 1.807) is 7.05 Å². The van der Waals surface area contributed by atoms with E-state index in [0.717, 1.165) is 57.3 Å². The van der Waals surface area contributed by atoms with Crippen LogP contribution < -0.4 is 16.0 Å². The molecule has 3 N–H and O–H groups in total. The van der Waals surface area contributed by atoms with Crippen LogP contribution in [-0.2, 0) is 11.2 Å². The van der Waals surface area contributed by atoms with Gasteiger partial charge in [0.25, 0.3) is 5.91 Å². The van der Waals surface area contributed by atoms with Gasteiger partial charge in [0, 0.05) is 38.8 Å². The summed E-state index contributed by atoms with van der Waals surface area (Å²) >= 11 is 0. The Morgan fingerprint density at radius 3 is 2.55 bits per heavy atom. The molecule has 0 bridgehead atoms. The zero-order chi connectivity index (χ0) is 22.6. The second kappa shape index (κ2) is 14.9. The number of carbonyl (C=O) groups is 1. The van der Waals surface area contributed by atoms with Gasteiger partial charge < -0.3 is 20.7 Å². The molecule has 8 heteroatoms. The van der Waals surface area contributed by atoms with Gasteiger partial charge in [0.2, 0.25) is 0 Å². The Labute approximate surface area is 214 Å². The van der Waals surface area contributed by atoms with Crippen LogP contribution in [0, 0.1) is 0 Å². The summed E-state index contributed by atoms with van der Waals surface area (Å²) < 4.78 is 5.55. The van der Waals surface area contributed by atoms with Gasteiger partial charge >= 0.3 is 0 Å². The van der Waals surface area contributed by atoms with Crippen LogP contribution in [0.4, 0.5) is 0 Å². The van der Waals surface area contributed by atoms with Gasteiger partial charge in [-0.1, -0.05) is 42.5 Å². The first-order valence-corrected chi connectivity index (χ1v) is 11.4. The first-order chi connectivity index (χ1) is 15.7. The van der Waals surface area contributed by atoms with Crippen LogP contribution in [0.3, 0.4) is 0 Å². The third-order valence-electron chi connectivity index (χ3n) is 5.56. The highest BCUT2D eigenvalue weighted by Crippen LogP contribution is 2.22. The van der Waals surface area contributed by atoms with Crippen LogP contribution in [0.5, 0.6) is 0 Å². The Morgan fingerprint density at radius 2 is 1.85 bits per heavy atom. The average molecular weight is 566 g/mol. The number of morpholine rings is 1. The maximum Gasteiger partial charge on any atom is 0.251 e. The first-order valence-electron chi connectivity index (χ1n) is 11.4. The van der Waals surface area contributed by atoms with Crippen molar-refractivity contribution >= 4 is 35.8 Å². The van der Waals surface area contributed by atoms with E-state index < -0.39 is 0 Å². The predicted molar refractivity (Wildman–Crippen MR) is 145 cm³/mol. The molecule has 1 unspecified atom stereocenters. The van der Waals surface area contributed by atoms with Crippen molar-refractivity contribution in [3.63, 3.8) is 0 Å². The molecular formula is C25H36IN5O2. The summed E-state index contributed by atoms with van der Waals surface area (Å²) in [6, 6.07) is 18.5. The van der Waals surface area contributed by atoms with Crippen LogP contribution >= 0.6 is 24.0 Å². The third-order valence-corrected chi connectivity index (χ3v) is 5.56. The highest BCUT2D eigenvalue weighted by molar-refractivity contribution is 14.0. The first kappa shape index (κ1) is 27.1. The molecule has 1 heterocycles.